The standard InChI is InChI=1S/C20H28FN3O3S/c1-13-15(4-5-16(23-13)18(2,3)21)28(25,26)17-20(8-22-9-20)10-24(17)14-6-19(7-14)11-27-12-19/h4-5,14,17,22H,6-12H2,1-3H3. The van der Waals surface area contributed by atoms with Gasteiger partial charge in [0.15, 0.2) is 9.84 Å². The Hall–Kier alpha value is -1.09. The molecule has 4 fully saturated rings. The van der Waals surface area contributed by atoms with Crippen molar-refractivity contribution in [2.45, 2.75) is 55.6 Å². The molecule has 2 spiro atoms. The molecule has 0 aromatic carbocycles. The van der Waals surface area contributed by atoms with Gasteiger partial charge in [-0.1, -0.05) is 0 Å². The summed E-state index contributed by atoms with van der Waals surface area (Å²) in [7, 11) is -3.59. The van der Waals surface area contributed by atoms with E-state index >= 15 is 0 Å². The molecule has 0 radical (unpaired) electrons. The lowest BCUT2D eigenvalue weighted by atomic mass is 9.61. The number of alkyl halides is 1. The van der Waals surface area contributed by atoms with Crippen molar-refractivity contribution in [3.63, 3.8) is 0 Å². The zero-order valence-electron chi connectivity index (χ0n) is 16.7. The van der Waals surface area contributed by atoms with Gasteiger partial charge < -0.3 is 10.1 Å². The second-order valence-electron chi connectivity index (χ2n) is 9.84. The number of aromatic nitrogens is 1. The maximum Gasteiger partial charge on any atom is 0.196 e. The zero-order chi connectivity index (χ0) is 19.9. The number of nitrogens with zero attached hydrogens (tertiary/aromatic N) is 2. The van der Waals surface area contributed by atoms with Crippen LogP contribution in [-0.4, -0.2) is 62.6 Å². The second kappa shape index (κ2) is 5.74. The fraction of sp³-hybridized carbons (Fsp3) is 0.750. The quantitative estimate of drug-likeness (QED) is 0.817. The van der Waals surface area contributed by atoms with E-state index in [0.717, 1.165) is 45.7 Å². The van der Waals surface area contributed by atoms with Gasteiger partial charge in [0, 0.05) is 36.5 Å². The van der Waals surface area contributed by atoms with Crippen LogP contribution in [0.2, 0.25) is 0 Å². The summed E-state index contributed by atoms with van der Waals surface area (Å²) < 4.78 is 47.0. The molecule has 28 heavy (non-hydrogen) atoms. The number of nitrogens with one attached hydrogen (secondary N) is 1. The van der Waals surface area contributed by atoms with Gasteiger partial charge in [0.1, 0.15) is 11.0 Å². The fourth-order valence-corrected chi connectivity index (χ4v) is 7.88. The van der Waals surface area contributed by atoms with Crippen LogP contribution in [0.15, 0.2) is 17.0 Å². The lowest BCUT2D eigenvalue weighted by Gasteiger charge is -2.67. The molecule has 154 valence electrons. The molecule has 4 aliphatic rings. The van der Waals surface area contributed by atoms with Crippen molar-refractivity contribution in [3.8, 4) is 0 Å². The Kier molecular flexibility index (Phi) is 3.88. The topological polar surface area (TPSA) is 71.5 Å². The summed E-state index contributed by atoms with van der Waals surface area (Å²) in [6, 6.07) is 3.37. The molecule has 3 aliphatic heterocycles. The van der Waals surface area contributed by atoms with Crippen molar-refractivity contribution in [2.24, 2.45) is 10.8 Å². The normalized spacial score (nSPS) is 29.1. The molecule has 6 nitrogen and oxygen atoms in total. The summed E-state index contributed by atoms with van der Waals surface area (Å²) in [6.07, 6.45) is 2.05. The molecule has 1 aromatic rings. The van der Waals surface area contributed by atoms with Gasteiger partial charge in [-0.3, -0.25) is 9.88 Å². The van der Waals surface area contributed by atoms with E-state index in [4.69, 9.17) is 4.74 Å². The van der Waals surface area contributed by atoms with E-state index in [2.05, 4.69) is 15.2 Å². The molecule has 8 heteroatoms. The molecule has 1 unspecified atom stereocenters. The minimum absolute atomic E-state index is 0.206. The third-order valence-electron chi connectivity index (χ3n) is 7.15. The SMILES string of the molecule is Cc1nc(C(C)(C)F)ccc1S(=O)(=O)C1N(C2CC3(COC3)C2)CC12CNC2. The number of rotatable bonds is 4. The molecule has 1 aliphatic carbocycles. The van der Waals surface area contributed by atoms with E-state index < -0.39 is 20.9 Å². The van der Waals surface area contributed by atoms with Gasteiger partial charge in [-0.2, -0.15) is 0 Å². The third kappa shape index (κ3) is 2.54. The van der Waals surface area contributed by atoms with E-state index in [9.17, 15) is 12.8 Å². The Morgan fingerprint density at radius 2 is 1.96 bits per heavy atom. The zero-order valence-corrected chi connectivity index (χ0v) is 17.5. The first-order chi connectivity index (χ1) is 13.1. The van der Waals surface area contributed by atoms with Gasteiger partial charge in [-0.15, -0.1) is 0 Å². The predicted molar refractivity (Wildman–Crippen MR) is 102 cm³/mol. The largest absolute Gasteiger partial charge is 0.380 e. The van der Waals surface area contributed by atoms with Gasteiger partial charge in [0.05, 0.1) is 29.5 Å². The molecule has 0 amide bonds. The van der Waals surface area contributed by atoms with Crippen molar-refractivity contribution >= 4 is 9.84 Å². The maximum atomic E-state index is 14.2. The van der Waals surface area contributed by atoms with Crippen molar-refractivity contribution in [2.75, 3.05) is 32.8 Å². The lowest BCUT2D eigenvalue weighted by molar-refractivity contribution is -0.212. The number of likely N-dealkylation sites (tertiary alicyclic amines) is 1. The van der Waals surface area contributed by atoms with Crippen LogP contribution >= 0.6 is 0 Å². The summed E-state index contributed by atoms with van der Waals surface area (Å²) in [5.41, 5.74) is -0.858. The first-order valence-corrected chi connectivity index (χ1v) is 11.6. The molecule has 1 saturated carbocycles. The minimum Gasteiger partial charge on any atom is -0.380 e. The van der Waals surface area contributed by atoms with E-state index in [1.54, 1.807) is 13.0 Å². The van der Waals surface area contributed by atoms with Crippen LogP contribution in [0.5, 0.6) is 0 Å². The first-order valence-electron chi connectivity index (χ1n) is 10.0. The van der Waals surface area contributed by atoms with Crippen molar-refractivity contribution in [1.29, 1.82) is 0 Å². The van der Waals surface area contributed by atoms with Crippen LogP contribution in [0.4, 0.5) is 4.39 Å². The van der Waals surface area contributed by atoms with Gasteiger partial charge in [-0.25, -0.2) is 12.8 Å². The minimum atomic E-state index is -3.59. The molecule has 3 saturated heterocycles. The second-order valence-corrected chi connectivity index (χ2v) is 11.8. The Balaban J connectivity index is 1.45. The number of halogens is 1. The van der Waals surface area contributed by atoms with Crippen molar-refractivity contribution in [1.82, 2.24) is 15.2 Å². The molecular formula is C20H28FN3O3S. The Morgan fingerprint density at radius 3 is 2.43 bits per heavy atom. The molecule has 1 atom stereocenters. The highest BCUT2D eigenvalue weighted by Crippen LogP contribution is 2.55. The van der Waals surface area contributed by atoms with E-state index in [1.807, 2.05) is 0 Å². The van der Waals surface area contributed by atoms with Crippen molar-refractivity contribution < 1.29 is 17.5 Å². The molecule has 1 aromatic heterocycles. The number of sulfone groups is 1. The summed E-state index contributed by atoms with van der Waals surface area (Å²) in [6.45, 7) is 8.45. The number of pyridine rings is 1. The summed E-state index contributed by atoms with van der Waals surface area (Å²) in [5, 5.41) is 2.74. The highest BCUT2D eigenvalue weighted by atomic mass is 32.2. The molecule has 4 heterocycles. The van der Waals surface area contributed by atoms with Gasteiger partial charge in [0.25, 0.3) is 0 Å². The smallest absolute Gasteiger partial charge is 0.196 e. The van der Waals surface area contributed by atoms with Gasteiger partial charge in [0.2, 0.25) is 0 Å². The highest BCUT2D eigenvalue weighted by Gasteiger charge is 2.66. The van der Waals surface area contributed by atoms with E-state index in [-0.39, 0.29) is 16.0 Å². The first kappa shape index (κ1) is 18.9. The number of hydrogen-bond donors (Lipinski definition) is 1. The summed E-state index contributed by atoms with van der Waals surface area (Å²) in [4.78, 5) is 6.71. The molecule has 1 N–H and O–H groups in total. The molecule has 5 rings (SSSR count). The number of ether oxygens (including phenoxy) is 1. The molecule has 0 bridgehead atoms. The van der Waals surface area contributed by atoms with E-state index in [1.165, 1.54) is 19.9 Å². The third-order valence-corrected chi connectivity index (χ3v) is 9.55. The lowest BCUT2D eigenvalue weighted by Crippen LogP contribution is -2.81. The van der Waals surface area contributed by atoms with Crippen LogP contribution in [0.1, 0.15) is 38.1 Å². The van der Waals surface area contributed by atoms with E-state index in [0.29, 0.717) is 17.2 Å². The van der Waals surface area contributed by atoms with Gasteiger partial charge in [-0.05, 0) is 45.7 Å². The number of hydrogen-bond acceptors (Lipinski definition) is 6. The Morgan fingerprint density at radius 1 is 1.29 bits per heavy atom. The summed E-state index contributed by atoms with van der Waals surface area (Å²) in [5.74, 6) is 0. The average molecular weight is 410 g/mol. The number of aryl methyl sites for hydroxylation is 1. The van der Waals surface area contributed by atoms with Crippen LogP contribution in [-0.2, 0) is 20.2 Å². The summed E-state index contributed by atoms with van der Waals surface area (Å²) >= 11 is 0. The average Bonchev–Trinajstić information content (AvgIpc) is 2.43. The molecular weight excluding hydrogens is 381 g/mol. The van der Waals surface area contributed by atoms with Crippen LogP contribution in [0.25, 0.3) is 0 Å². The highest BCUT2D eigenvalue weighted by molar-refractivity contribution is 7.92. The van der Waals surface area contributed by atoms with Crippen molar-refractivity contribution in [3.05, 3.63) is 23.5 Å². The Bertz CT molecular complexity index is 911. The Labute approximate surface area is 165 Å². The van der Waals surface area contributed by atoms with Gasteiger partial charge >= 0.3 is 0 Å². The predicted octanol–water partition coefficient (Wildman–Crippen LogP) is 1.78. The van der Waals surface area contributed by atoms with Crippen LogP contribution in [0, 0.1) is 17.8 Å². The maximum absolute atomic E-state index is 14.2. The fourth-order valence-electron chi connectivity index (χ4n) is 5.43. The monoisotopic (exact) mass is 409 g/mol. The van der Waals surface area contributed by atoms with Crippen LogP contribution < -0.4 is 5.32 Å². The van der Waals surface area contributed by atoms with Crippen LogP contribution in [0.3, 0.4) is 0 Å².